The molecule has 2 aliphatic rings. The summed E-state index contributed by atoms with van der Waals surface area (Å²) in [5.41, 5.74) is 2.49. The highest BCUT2D eigenvalue weighted by molar-refractivity contribution is 5.93. The molecule has 2 fully saturated rings. The Hall–Kier alpha value is -2.74. The number of pyridine rings is 1. The highest BCUT2D eigenvalue weighted by Crippen LogP contribution is 2.36. The zero-order chi connectivity index (χ0) is 18.4. The van der Waals surface area contributed by atoms with Crippen LogP contribution in [0.2, 0.25) is 0 Å². The average Bonchev–Trinajstić information content (AvgIpc) is 3.33. The normalized spacial score (nSPS) is 22.9. The molecule has 1 aliphatic heterocycles. The Morgan fingerprint density at radius 1 is 1.22 bits per heavy atom. The largest absolute Gasteiger partial charge is 0.371 e. The molecule has 1 saturated heterocycles. The van der Waals surface area contributed by atoms with E-state index in [1.54, 1.807) is 10.9 Å². The van der Waals surface area contributed by atoms with Gasteiger partial charge in [0.1, 0.15) is 11.9 Å². The van der Waals surface area contributed by atoms with Gasteiger partial charge in [0, 0.05) is 32.0 Å². The molecule has 27 heavy (non-hydrogen) atoms. The minimum absolute atomic E-state index is 0.0312. The van der Waals surface area contributed by atoms with E-state index in [9.17, 15) is 4.79 Å². The first kappa shape index (κ1) is 16.4. The van der Waals surface area contributed by atoms with Crippen LogP contribution in [0.1, 0.15) is 49.2 Å². The van der Waals surface area contributed by atoms with Crippen LogP contribution in [-0.2, 0) is 16.6 Å². The molecule has 3 aromatic rings. The quantitative estimate of drug-likeness (QED) is 0.766. The fourth-order valence-corrected chi connectivity index (χ4v) is 3.98. The first-order valence-electron chi connectivity index (χ1n) is 9.46. The molecule has 1 saturated carbocycles. The number of fused-ring (bicyclic) bond motifs is 1. The fraction of sp³-hybridized carbons (Fsp3) is 0.474. The van der Waals surface area contributed by atoms with Crippen molar-refractivity contribution in [1.29, 1.82) is 0 Å². The van der Waals surface area contributed by atoms with E-state index in [1.807, 2.05) is 35.8 Å². The van der Waals surface area contributed by atoms with Crippen LogP contribution in [0.25, 0.3) is 5.65 Å². The number of hydrogen-bond acceptors (Lipinski definition) is 5. The smallest absolute Gasteiger partial charge is 0.230 e. The SMILES string of the molecule is Cn1nccc1[C@@H]1OCC[C@H]1C(=O)Nc1ccc2nnc(C3CCC3)n2c1. The highest BCUT2D eigenvalue weighted by atomic mass is 16.5. The van der Waals surface area contributed by atoms with Crippen LogP contribution < -0.4 is 5.32 Å². The number of aryl methyl sites for hydroxylation is 1. The van der Waals surface area contributed by atoms with Gasteiger partial charge in [-0.25, -0.2) is 0 Å². The third kappa shape index (κ3) is 2.80. The van der Waals surface area contributed by atoms with Crippen molar-refractivity contribution in [1.82, 2.24) is 24.4 Å². The molecule has 8 heteroatoms. The number of hydrogen-bond donors (Lipinski definition) is 1. The van der Waals surface area contributed by atoms with Crippen LogP contribution in [0.5, 0.6) is 0 Å². The van der Waals surface area contributed by atoms with Gasteiger partial charge in [0.15, 0.2) is 5.65 Å². The number of carbonyl (C=O) groups excluding carboxylic acids is 1. The van der Waals surface area contributed by atoms with E-state index >= 15 is 0 Å². The summed E-state index contributed by atoms with van der Waals surface area (Å²) in [5, 5.41) is 15.8. The lowest BCUT2D eigenvalue weighted by molar-refractivity contribution is -0.121. The maximum Gasteiger partial charge on any atom is 0.230 e. The Morgan fingerprint density at radius 2 is 2.11 bits per heavy atom. The number of carbonyl (C=O) groups is 1. The van der Waals surface area contributed by atoms with E-state index < -0.39 is 0 Å². The highest BCUT2D eigenvalue weighted by Gasteiger charge is 2.37. The average molecular weight is 366 g/mol. The molecule has 8 nitrogen and oxygen atoms in total. The summed E-state index contributed by atoms with van der Waals surface area (Å²) in [6.45, 7) is 0.574. The molecule has 3 aromatic heterocycles. The monoisotopic (exact) mass is 366 g/mol. The molecular weight excluding hydrogens is 344 g/mol. The van der Waals surface area contributed by atoms with Crippen LogP contribution >= 0.6 is 0 Å². The van der Waals surface area contributed by atoms with E-state index in [1.165, 1.54) is 6.42 Å². The van der Waals surface area contributed by atoms with Crippen molar-refractivity contribution < 1.29 is 9.53 Å². The number of aromatic nitrogens is 5. The predicted molar refractivity (Wildman–Crippen MR) is 98.2 cm³/mol. The number of anilines is 1. The lowest BCUT2D eigenvalue weighted by Gasteiger charge is -2.23. The molecule has 4 heterocycles. The Morgan fingerprint density at radius 3 is 2.85 bits per heavy atom. The summed E-state index contributed by atoms with van der Waals surface area (Å²) in [6, 6.07) is 5.68. The van der Waals surface area contributed by atoms with Crippen molar-refractivity contribution in [2.24, 2.45) is 13.0 Å². The minimum Gasteiger partial charge on any atom is -0.371 e. The van der Waals surface area contributed by atoms with E-state index in [-0.39, 0.29) is 17.9 Å². The second-order valence-corrected chi connectivity index (χ2v) is 7.39. The van der Waals surface area contributed by atoms with E-state index in [4.69, 9.17) is 4.74 Å². The van der Waals surface area contributed by atoms with Gasteiger partial charge in [-0.1, -0.05) is 6.42 Å². The molecule has 0 bridgehead atoms. The molecule has 1 aliphatic carbocycles. The Balaban J connectivity index is 1.38. The van der Waals surface area contributed by atoms with Crippen molar-refractivity contribution in [3.05, 3.63) is 42.1 Å². The second kappa shape index (κ2) is 6.45. The summed E-state index contributed by atoms with van der Waals surface area (Å²) >= 11 is 0. The minimum atomic E-state index is -0.262. The third-order valence-electron chi connectivity index (χ3n) is 5.75. The maximum absolute atomic E-state index is 12.9. The Kier molecular flexibility index (Phi) is 3.93. The van der Waals surface area contributed by atoms with E-state index in [2.05, 4.69) is 20.6 Å². The number of nitrogens with zero attached hydrogens (tertiary/aromatic N) is 5. The molecule has 0 aromatic carbocycles. The van der Waals surface area contributed by atoms with Crippen LogP contribution in [0.15, 0.2) is 30.6 Å². The van der Waals surface area contributed by atoms with Gasteiger partial charge in [-0.2, -0.15) is 5.10 Å². The van der Waals surface area contributed by atoms with Crippen molar-refractivity contribution in [3.8, 4) is 0 Å². The van der Waals surface area contributed by atoms with Crippen molar-refractivity contribution >= 4 is 17.2 Å². The van der Waals surface area contributed by atoms with Gasteiger partial charge in [-0.15, -0.1) is 10.2 Å². The van der Waals surface area contributed by atoms with Crippen LogP contribution in [0, 0.1) is 5.92 Å². The first-order chi connectivity index (χ1) is 13.2. The van der Waals surface area contributed by atoms with E-state index in [0.29, 0.717) is 18.9 Å². The van der Waals surface area contributed by atoms with Gasteiger partial charge in [0.25, 0.3) is 0 Å². The summed E-state index contributed by atoms with van der Waals surface area (Å²) in [7, 11) is 1.87. The van der Waals surface area contributed by atoms with Crippen LogP contribution in [0.4, 0.5) is 5.69 Å². The lowest BCUT2D eigenvalue weighted by Crippen LogP contribution is -2.26. The molecule has 0 spiro atoms. The predicted octanol–water partition coefficient (Wildman–Crippen LogP) is 2.45. The molecule has 140 valence electrons. The van der Waals surface area contributed by atoms with E-state index in [0.717, 1.165) is 35.7 Å². The number of nitrogens with one attached hydrogen (secondary N) is 1. The third-order valence-corrected chi connectivity index (χ3v) is 5.75. The molecule has 2 atom stereocenters. The summed E-state index contributed by atoms with van der Waals surface area (Å²) in [4.78, 5) is 12.9. The van der Waals surface area contributed by atoms with Crippen molar-refractivity contribution in [2.75, 3.05) is 11.9 Å². The van der Waals surface area contributed by atoms with Gasteiger partial charge in [0.05, 0.1) is 17.3 Å². The molecular formula is C19H22N6O2. The van der Waals surface area contributed by atoms with Crippen molar-refractivity contribution in [2.45, 2.75) is 37.7 Å². The lowest BCUT2D eigenvalue weighted by atomic mass is 9.85. The number of amides is 1. The van der Waals surface area contributed by atoms with Crippen LogP contribution in [-0.4, -0.2) is 36.9 Å². The van der Waals surface area contributed by atoms with Gasteiger partial charge < -0.3 is 10.1 Å². The maximum atomic E-state index is 12.9. The van der Waals surface area contributed by atoms with Crippen LogP contribution in [0.3, 0.4) is 0 Å². The summed E-state index contributed by atoms with van der Waals surface area (Å²) in [6.07, 6.45) is 7.65. The molecule has 1 amide bonds. The summed E-state index contributed by atoms with van der Waals surface area (Å²) in [5.74, 6) is 1.20. The topological polar surface area (TPSA) is 86.3 Å². The fourth-order valence-electron chi connectivity index (χ4n) is 3.98. The van der Waals surface area contributed by atoms with Gasteiger partial charge in [-0.3, -0.25) is 13.9 Å². The standard InChI is InChI=1S/C19H22N6O2/c1-24-15(7-9-20-24)17-14(8-10-27-17)19(26)21-13-5-6-16-22-23-18(25(16)11-13)12-3-2-4-12/h5-7,9,11-12,14,17H,2-4,8,10H2,1H3,(H,21,26)/t14-,17-/m1/s1. The Labute approximate surface area is 156 Å². The summed E-state index contributed by atoms with van der Waals surface area (Å²) < 4.78 is 9.60. The Bertz CT molecular complexity index is 989. The van der Waals surface area contributed by atoms with Gasteiger partial charge in [0.2, 0.25) is 5.91 Å². The zero-order valence-electron chi connectivity index (χ0n) is 15.2. The molecule has 0 radical (unpaired) electrons. The molecule has 0 unspecified atom stereocenters. The van der Waals surface area contributed by atoms with Gasteiger partial charge in [-0.05, 0) is 37.5 Å². The number of rotatable bonds is 4. The van der Waals surface area contributed by atoms with Gasteiger partial charge >= 0.3 is 0 Å². The molecule has 1 N–H and O–H groups in total. The first-order valence-corrected chi connectivity index (χ1v) is 9.46. The zero-order valence-corrected chi connectivity index (χ0v) is 15.2. The second-order valence-electron chi connectivity index (χ2n) is 7.39. The van der Waals surface area contributed by atoms with Crippen molar-refractivity contribution in [3.63, 3.8) is 0 Å². The number of ether oxygens (including phenoxy) is 1. The molecule has 5 rings (SSSR count).